The summed E-state index contributed by atoms with van der Waals surface area (Å²) in [5, 5.41) is 7.98. The van der Waals surface area contributed by atoms with Crippen LogP contribution in [-0.2, 0) is 0 Å². The minimum atomic E-state index is 0.0156. The first-order valence-electron chi connectivity index (χ1n) is 6.82. The zero-order valence-electron chi connectivity index (χ0n) is 12.2. The van der Waals surface area contributed by atoms with Gasteiger partial charge in [-0.2, -0.15) is 5.10 Å². The van der Waals surface area contributed by atoms with E-state index in [1.165, 1.54) is 0 Å². The first kappa shape index (κ1) is 15.2. The quantitative estimate of drug-likeness (QED) is 0.503. The van der Waals surface area contributed by atoms with Gasteiger partial charge in [-0.15, -0.1) is 0 Å². The van der Waals surface area contributed by atoms with Gasteiger partial charge in [-0.3, -0.25) is 10.4 Å². The van der Waals surface area contributed by atoms with Crippen molar-refractivity contribution >= 4 is 23.0 Å². The van der Waals surface area contributed by atoms with E-state index in [0.29, 0.717) is 5.11 Å². The van der Waals surface area contributed by atoms with Crippen LogP contribution in [0.25, 0.3) is 0 Å². The molecule has 0 aromatic carbocycles. The Hall–Kier alpha value is -2.21. The van der Waals surface area contributed by atoms with Crippen LogP contribution in [0.1, 0.15) is 12.6 Å². The highest BCUT2D eigenvalue weighted by Crippen LogP contribution is 2.12. The summed E-state index contributed by atoms with van der Waals surface area (Å²) in [6, 6.07) is 5.79. The topological polar surface area (TPSA) is 52.6 Å². The van der Waals surface area contributed by atoms with Crippen LogP contribution in [-0.4, -0.2) is 40.3 Å². The molecule has 21 heavy (non-hydrogen) atoms. The van der Waals surface area contributed by atoms with Crippen molar-refractivity contribution in [3.8, 4) is 0 Å². The van der Waals surface area contributed by atoms with Crippen LogP contribution in [0.15, 0.2) is 53.9 Å². The molecule has 0 bridgehead atoms. The Morgan fingerprint density at radius 3 is 2.95 bits per heavy atom. The maximum Gasteiger partial charge on any atom is 0.186 e. The van der Waals surface area contributed by atoms with Crippen LogP contribution < -0.4 is 10.7 Å². The zero-order valence-corrected chi connectivity index (χ0v) is 13.0. The Bertz CT molecular complexity index is 565. The molecule has 0 fully saturated rings. The van der Waals surface area contributed by atoms with E-state index in [1.807, 2.05) is 50.5 Å². The van der Waals surface area contributed by atoms with Gasteiger partial charge in [0.1, 0.15) is 5.71 Å². The van der Waals surface area contributed by atoms with Crippen LogP contribution in [0.5, 0.6) is 0 Å². The van der Waals surface area contributed by atoms with Crippen LogP contribution in [0, 0.1) is 0 Å². The summed E-state index contributed by atoms with van der Waals surface area (Å²) in [4.78, 5) is 6.47. The van der Waals surface area contributed by atoms with E-state index in [1.54, 1.807) is 6.20 Å². The smallest absolute Gasteiger partial charge is 0.186 e. The number of allylic oxidation sites excluding steroid dienone is 2. The molecule has 6 heteroatoms. The highest BCUT2D eigenvalue weighted by Gasteiger charge is 2.20. The minimum Gasteiger partial charge on any atom is -0.368 e. The predicted molar refractivity (Wildman–Crippen MR) is 90.0 cm³/mol. The third-order valence-corrected chi connectivity index (χ3v) is 3.22. The molecular formula is C15H19N5S. The SMILES string of the molecule is CCNC(=S)N/N=C(\c1ccccn1)C1C=CC=CN1C. The molecule has 5 nitrogen and oxygen atoms in total. The van der Waals surface area contributed by atoms with Gasteiger partial charge in [0.15, 0.2) is 5.11 Å². The number of nitrogens with zero attached hydrogens (tertiary/aromatic N) is 3. The summed E-state index contributed by atoms with van der Waals surface area (Å²) in [5.74, 6) is 0. The minimum absolute atomic E-state index is 0.0156. The van der Waals surface area contributed by atoms with Gasteiger partial charge >= 0.3 is 0 Å². The fraction of sp³-hybridized carbons (Fsp3) is 0.267. The van der Waals surface area contributed by atoms with E-state index >= 15 is 0 Å². The average molecular weight is 301 g/mol. The van der Waals surface area contributed by atoms with E-state index in [-0.39, 0.29) is 6.04 Å². The second-order valence-electron chi connectivity index (χ2n) is 4.52. The zero-order chi connectivity index (χ0) is 15.1. The number of pyridine rings is 1. The van der Waals surface area contributed by atoms with Crippen LogP contribution >= 0.6 is 12.2 Å². The Morgan fingerprint density at radius 2 is 2.29 bits per heavy atom. The molecule has 0 aliphatic carbocycles. The standard InChI is InChI=1S/C15H19N5S/c1-3-16-15(21)19-18-14(12-8-4-6-10-17-12)13-9-5-7-11-20(13)2/h4-11,13H,3H2,1-2H3,(H2,16,19,21)/b18-14+. The van der Waals surface area contributed by atoms with E-state index < -0.39 is 0 Å². The Morgan fingerprint density at radius 1 is 1.43 bits per heavy atom. The van der Waals surface area contributed by atoms with Crippen molar-refractivity contribution in [2.45, 2.75) is 13.0 Å². The fourth-order valence-corrected chi connectivity index (χ4v) is 2.16. The molecule has 1 aromatic heterocycles. The summed E-state index contributed by atoms with van der Waals surface area (Å²) in [6.07, 6.45) is 9.84. The molecule has 0 amide bonds. The van der Waals surface area contributed by atoms with E-state index in [9.17, 15) is 0 Å². The number of hydrogen-bond donors (Lipinski definition) is 2. The second-order valence-corrected chi connectivity index (χ2v) is 4.93. The molecule has 1 aliphatic rings. The van der Waals surface area contributed by atoms with Crippen molar-refractivity contribution in [2.75, 3.05) is 13.6 Å². The summed E-state index contributed by atoms with van der Waals surface area (Å²) in [6.45, 7) is 2.74. The molecule has 110 valence electrons. The van der Waals surface area contributed by atoms with E-state index in [2.05, 4.69) is 31.8 Å². The van der Waals surface area contributed by atoms with Gasteiger partial charge in [0.2, 0.25) is 0 Å². The first-order chi connectivity index (χ1) is 10.2. The molecule has 1 aliphatic heterocycles. The van der Waals surface area contributed by atoms with Crippen molar-refractivity contribution < 1.29 is 0 Å². The van der Waals surface area contributed by atoms with Gasteiger partial charge < -0.3 is 10.2 Å². The molecule has 2 N–H and O–H groups in total. The van der Waals surface area contributed by atoms with Crippen LogP contribution in [0.3, 0.4) is 0 Å². The largest absolute Gasteiger partial charge is 0.368 e. The molecule has 1 unspecified atom stereocenters. The summed E-state index contributed by atoms with van der Waals surface area (Å²) >= 11 is 5.16. The number of thiocarbonyl (C=S) groups is 1. The summed E-state index contributed by atoms with van der Waals surface area (Å²) in [5.41, 5.74) is 4.52. The highest BCUT2D eigenvalue weighted by atomic mass is 32.1. The molecule has 1 aromatic rings. The average Bonchev–Trinajstić information content (AvgIpc) is 2.50. The fourth-order valence-electron chi connectivity index (χ4n) is 1.97. The van der Waals surface area contributed by atoms with Gasteiger partial charge in [-0.25, -0.2) is 0 Å². The van der Waals surface area contributed by atoms with Gasteiger partial charge in [0.25, 0.3) is 0 Å². The highest BCUT2D eigenvalue weighted by molar-refractivity contribution is 7.80. The normalized spacial score (nSPS) is 17.7. The first-order valence-corrected chi connectivity index (χ1v) is 7.23. The van der Waals surface area contributed by atoms with Gasteiger partial charge in [0.05, 0.1) is 11.7 Å². The number of hydrogen-bond acceptors (Lipinski definition) is 4. The van der Waals surface area contributed by atoms with E-state index in [4.69, 9.17) is 12.2 Å². The van der Waals surface area contributed by atoms with Crippen molar-refractivity contribution in [2.24, 2.45) is 5.10 Å². The maximum absolute atomic E-state index is 5.16. The van der Waals surface area contributed by atoms with Crippen molar-refractivity contribution in [1.82, 2.24) is 20.6 Å². The number of nitrogens with one attached hydrogen (secondary N) is 2. The van der Waals surface area contributed by atoms with Crippen molar-refractivity contribution in [3.63, 3.8) is 0 Å². The lowest BCUT2D eigenvalue weighted by Gasteiger charge is -2.27. The number of hydrazone groups is 1. The van der Waals surface area contributed by atoms with Gasteiger partial charge in [-0.05, 0) is 43.6 Å². The second kappa shape index (κ2) is 7.54. The third kappa shape index (κ3) is 4.13. The lowest BCUT2D eigenvalue weighted by molar-refractivity contribution is 0.450. The molecule has 0 radical (unpaired) electrons. The molecule has 0 saturated carbocycles. The van der Waals surface area contributed by atoms with E-state index in [0.717, 1.165) is 18.0 Å². The lowest BCUT2D eigenvalue weighted by atomic mass is 10.0. The molecule has 0 saturated heterocycles. The third-order valence-electron chi connectivity index (χ3n) is 2.99. The summed E-state index contributed by atoms with van der Waals surface area (Å²) < 4.78 is 0. The van der Waals surface area contributed by atoms with Crippen LogP contribution in [0.4, 0.5) is 0 Å². The Balaban J connectivity index is 2.27. The van der Waals surface area contributed by atoms with Gasteiger partial charge in [0, 0.05) is 19.8 Å². The van der Waals surface area contributed by atoms with Gasteiger partial charge in [-0.1, -0.05) is 18.2 Å². The Kier molecular flexibility index (Phi) is 5.45. The number of aromatic nitrogens is 1. The van der Waals surface area contributed by atoms with Crippen LogP contribution in [0.2, 0.25) is 0 Å². The number of rotatable bonds is 4. The predicted octanol–water partition coefficient (Wildman–Crippen LogP) is 1.65. The van der Waals surface area contributed by atoms with Crippen molar-refractivity contribution in [3.05, 3.63) is 54.5 Å². The monoisotopic (exact) mass is 301 g/mol. The van der Waals surface area contributed by atoms with Crippen molar-refractivity contribution in [1.29, 1.82) is 0 Å². The molecule has 2 rings (SSSR count). The lowest BCUT2D eigenvalue weighted by Crippen LogP contribution is -2.39. The molecule has 1 atom stereocenters. The Labute approximate surface area is 130 Å². The molecule has 2 heterocycles. The number of likely N-dealkylation sites (N-methyl/N-ethyl adjacent to an activating group) is 1. The molecular weight excluding hydrogens is 282 g/mol. The molecule has 0 spiro atoms. The maximum atomic E-state index is 5.16. The summed E-state index contributed by atoms with van der Waals surface area (Å²) in [7, 11) is 2.01.